The Kier molecular flexibility index (Phi) is 6.75. The first-order chi connectivity index (χ1) is 13.6. The van der Waals surface area contributed by atoms with Crippen LogP contribution in [0, 0.1) is 17.4 Å². The van der Waals surface area contributed by atoms with Crippen LogP contribution in [0.4, 0.5) is 5.82 Å². The van der Waals surface area contributed by atoms with Crippen LogP contribution in [0.25, 0.3) is 22.5 Å². The topological polar surface area (TPSA) is 92.3 Å². The summed E-state index contributed by atoms with van der Waals surface area (Å²) < 4.78 is 1.05. The number of anilines is 1. The highest BCUT2D eigenvalue weighted by Gasteiger charge is 2.11. The summed E-state index contributed by atoms with van der Waals surface area (Å²) in [5, 5.41) is 17.8. The van der Waals surface area contributed by atoms with Gasteiger partial charge in [-0.15, -0.1) is 22.6 Å². The zero-order chi connectivity index (χ0) is 19.5. The molecule has 0 saturated heterocycles. The fourth-order valence-corrected chi connectivity index (χ4v) is 3.44. The Bertz CT molecular complexity index is 1100. The maximum atomic E-state index is 4.50. The predicted octanol–water partition coefficient (Wildman–Crippen LogP) is 4.58. The molecule has 29 heavy (non-hydrogen) atoms. The van der Waals surface area contributed by atoms with Gasteiger partial charge in [0.2, 0.25) is 5.82 Å². The lowest BCUT2D eigenvalue weighted by Gasteiger charge is -2.11. The van der Waals surface area contributed by atoms with Gasteiger partial charge >= 0.3 is 0 Å². The summed E-state index contributed by atoms with van der Waals surface area (Å²) in [6, 6.07) is 16.5. The number of aromatic amines is 1. The summed E-state index contributed by atoms with van der Waals surface area (Å²) in [5.74, 6) is 2.23. The molecule has 0 aliphatic carbocycles. The molecule has 4 aromatic rings. The Morgan fingerprint density at radius 1 is 0.966 bits per heavy atom. The minimum Gasteiger partial charge on any atom is -0.365 e. The fraction of sp³-hybridized carbons (Fsp3) is 0.150. The first kappa shape index (κ1) is 21.1. The second-order valence-corrected chi connectivity index (χ2v) is 7.43. The van der Waals surface area contributed by atoms with Crippen molar-refractivity contribution in [1.82, 2.24) is 30.6 Å². The van der Waals surface area contributed by atoms with E-state index in [1.165, 1.54) is 5.56 Å². The highest BCUT2D eigenvalue weighted by atomic mass is 127. The highest BCUT2D eigenvalue weighted by Crippen LogP contribution is 2.29. The number of halogens is 2. The quantitative estimate of drug-likeness (QED) is 0.375. The molecule has 2 heterocycles. The van der Waals surface area contributed by atoms with E-state index in [0.717, 1.165) is 37.6 Å². The SMILES string of the molecule is Cc1nc(C)c(I)c(NCc2ccc(-c3ccccc3-c3nn[nH]n3)cc2)n1.Cl. The molecule has 0 spiro atoms. The second-order valence-electron chi connectivity index (χ2n) is 6.35. The van der Waals surface area contributed by atoms with Crippen molar-refractivity contribution in [2.24, 2.45) is 0 Å². The van der Waals surface area contributed by atoms with Crippen molar-refractivity contribution in [3.8, 4) is 22.5 Å². The molecule has 0 amide bonds. The number of benzene rings is 2. The van der Waals surface area contributed by atoms with Crippen molar-refractivity contribution in [3.63, 3.8) is 0 Å². The van der Waals surface area contributed by atoms with Crippen molar-refractivity contribution < 1.29 is 0 Å². The molecule has 7 nitrogen and oxygen atoms in total. The lowest BCUT2D eigenvalue weighted by atomic mass is 9.98. The minimum absolute atomic E-state index is 0. The molecule has 2 aromatic carbocycles. The summed E-state index contributed by atoms with van der Waals surface area (Å²) in [7, 11) is 0. The van der Waals surface area contributed by atoms with Crippen molar-refractivity contribution in [3.05, 3.63) is 69.2 Å². The Hall–Kier alpha value is -2.59. The molecule has 0 fully saturated rings. The number of aryl methyl sites for hydroxylation is 2. The molecule has 2 aromatic heterocycles. The van der Waals surface area contributed by atoms with E-state index < -0.39 is 0 Å². The molecular weight excluding hydrogens is 501 g/mol. The number of H-pyrrole nitrogens is 1. The largest absolute Gasteiger partial charge is 0.365 e. The Labute approximate surface area is 188 Å². The third-order valence-electron chi connectivity index (χ3n) is 4.37. The first-order valence-corrected chi connectivity index (χ1v) is 9.86. The summed E-state index contributed by atoms with van der Waals surface area (Å²) in [4.78, 5) is 8.89. The van der Waals surface area contributed by atoms with Crippen LogP contribution in [0.5, 0.6) is 0 Å². The summed E-state index contributed by atoms with van der Waals surface area (Å²) >= 11 is 2.28. The number of nitrogens with one attached hydrogen (secondary N) is 2. The van der Waals surface area contributed by atoms with Crippen molar-refractivity contribution in [1.29, 1.82) is 0 Å². The van der Waals surface area contributed by atoms with Crippen molar-refractivity contribution in [2.75, 3.05) is 5.32 Å². The average molecular weight is 520 g/mol. The van der Waals surface area contributed by atoms with E-state index in [0.29, 0.717) is 12.4 Å². The second kappa shape index (κ2) is 9.27. The summed E-state index contributed by atoms with van der Waals surface area (Å²) in [5.41, 5.74) is 5.28. The van der Waals surface area contributed by atoms with E-state index >= 15 is 0 Å². The fourth-order valence-electron chi connectivity index (χ4n) is 3.01. The summed E-state index contributed by atoms with van der Waals surface area (Å²) in [6.45, 7) is 4.60. The molecule has 0 bridgehead atoms. The van der Waals surface area contributed by atoms with Crippen LogP contribution in [-0.2, 0) is 6.54 Å². The van der Waals surface area contributed by atoms with Gasteiger partial charge in [-0.05, 0) is 58.3 Å². The molecule has 148 valence electrons. The maximum absolute atomic E-state index is 4.50. The Balaban J connectivity index is 0.00000240. The molecular formula is C20H19ClIN7. The number of nitrogens with zero attached hydrogens (tertiary/aromatic N) is 5. The smallest absolute Gasteiger partial charge is 0.205 e. The lowest BCUT2D eigenvalue weighted by molar-refractivity contribution is 0.881. The minimum atomic E-state index is 0. The maximum Gasteiger partial charge on any atom is 0.205 e. The zero-order valence-electron chi connectivity index (χ0n) is 15.8. The molecule has 0 aliphatic rings. The third kappa shape index (κ3) is 4.70. The number of aromatic nitrogens is 6. The van der Waals surface area contributed by atoms with Gasteiger partial charge in [0.1, 0.15) is 11.6 Å². The molecule has 0 aliphatic heterocycles. The van der Waals surface area contributed by atoms with E-state index in [1.54, 1.807) is 0 Å². The zero-order valence-corrected chi connectivity index (χ0v) is 18.8. The van der Waals surface area contributed by atoms with Gasteiger partial charge in [-0.1, -0.05) is 48.5 Å². The van der Waals surface area contributed by atoms with Crippen molar-refractivity contribution >= 4 is 40.8 Å². The van der Waals surface area contributed by atoms with Gasteiger partial charge in [0.15, 0.2) is 0 Å². The molecule has 0 atom stereocenters. The van der Waals surface area contributed by atoms with Crippen LogP contribution < -0.4 is 5.32 Å². The van der Waals surface area contributed by atoms with Gasteiger partial charge < -0.3 is 5.32 Å². The normalized spacial score (nSPS) is 10.4. The van der Waals surface area contributed by atoms with E-state index in [1.807, 2.05) is 32.0 Å². The van der Waals surface area contributed by atoms with Crippen LogP contribution in [0.1, 0.15) is 17.1 Å². The lowest BCUT2D eigenvalue weighted by Crippen LogP contribution is -2.07. The van der Waals surface area contributed by atoms with Crippen LogP contribution in [0.3, 0.4) is 0 Å². The number of hydrogen-bond acceptors (Lipinski definition) is 6. The predicted molar refractivity (Wildman–Crippen MR) is 124 cm³/mol. The van der Waals surface area contributed by atoms with Crippen LogP contribution in [0.2, 0.25) is 0 Å². The van der Waals surface area contributed by atoms with E-state index in [9.17, 15) is 0 Å². The van der Waals surface area contributed by atoms with E-state index in [2.05, 4.69) is 88.8 Å². The van der Waals surface area contributed by atoms with Crippen LogP contribution >= 0.6 is 35.0 Å². The number of rotatable bonds is 5. The van der Waals surface area contributed by atoms with Gasteiger partial charge in [0.25, 0.3) is 0 Å². The Morgan fingerprint density at radius 2 is 1.69 bits per heavy atom. The molecule has 2 N–H and O–H groups in total. The van der Waals surface area contributed by atoms with Gasteiger partial charge in [-0.2, -0.15) is 5.21 Å². The van der Waals surface area contributed by atoms with Gasteiger partial charge in [0.05, 0.1) is 9.26 Å². The number of hydrogen-bond donors (Lipinski definition) is 2. The van der Waals surface area contributed by atoms with Gasteiger partial charge in [-0.25, -0.2) is 9.97 Å². The van der Waals surface area contributed by atoms with E-state index in [-0.39, 0.29) is 12.4 Å². The third-order valence-corrected chi connectivity index (χ3v) is 5.66. The van der Waals surface area contributed by atoms with Crippen LogP contribution in [0.15, 0.2) is 48.5 Å². The standard InChI is InChI=1S/C20H18IN7.ClH/c1-12-18(21)20(24-13(2)23-12)22-11-14-7-9-15(10-8-14)16-5-3-4-6-17(16)19-25-27-28-26-19;/h3-10H,11H2,1-2H3,(H,22,23,24)(H,25,26,27,28);1H. The Morgan fingerprint density at radius 3 is 2.38 bits per heavy atom. The highest BCUT2D eigenvalue weighted by molar-refractivity contribution is 14.1. The molecule has 4 rings (SSSR count). The number of tetrazole rings is 1. The van der Waals surface area contributed by atoms with Gasteiger partial charge in [-0.3, -0.25) is 0 Å². The van der Waals surface area contributed by atoms with Crippen molar-refractivity contribution in [2.45, 2.75) is 20.4 Å². The molecule has 0 saturated carbocycles. The average Bonchev–Trinajstić information content (AvgIpc) is 3.25. The van der Waals surface area contributed by atoms with E-state index in [4.69, 9.17) is 0 Å². The first-order valence-electron chi connectivity index (χ1n) is 8.78. The summed E-state index contributed by atoms with van der Waals surface area (Å²) in [6.07, 6.45) is 0. The van der Waals surface area contributed by atoms with Crippen LogP contribution in [-0.4, -0.2) is 30.6 Å². The van der Waals surface area contributed by atoms with Gasteiger partial charge in [0, 0.05) is 12.1 Å². The molecule has 9 heteroatoms. The molecule has 0 radical (unpaired) electrons. The molecule has 0 unspecified atom stereocenters. The monoisotopic (exact) mass is 519 g/mol.